The van der Waals surface area contributed by atoms with Crippen molar-refractivity contribution in [2.24, 2.45) is 0 Å². The van der Waals surface area contributed by atoms with Crippen LogP contribution in [0.1, 0.15) is 17.0 Å². The van der Waals surface area contributed by atoms with Crippen molar-refractivity contribution in [3.05, 3.63) is 35.4 Å². The van der Waals surface area contributed by atoms with Gasteiger partial charge in [-0.3, -0.25) is 0 Å². The van der Waals surface area contributed by atoms with Gasteiger partial charge in [0.1, 0.15) is 5.92 Å². The van der Waals surface area contributed by atoms with E-state index in [4.69, 9.17) is 5.11 Å². The van der Waals surface area contributed by atoms with E-state index in [1.807, 2.05) is 0 Å². The minimum absolute atomic E-state index is 0.397. The molecular weight excluding hydrogens is 250 g/mol. The summed E-state index contributed by atoms with van der Waals surface area (Å²) < 4.78 is 74.0. The molecule has 0 aliphatic carbocycles. The van der Waals surface area contributed by atoms with Crippen molar-refractivity contribution in [3.63, 3.8) is 0 Å². The van der Waals surface area contributed by atoms with Gasteiger partial charge < -0.3 is 5.11 Å². The van der Waals surface area contributed by atoms with Gasteiger partial charge in [0.25, 0.3) is 0 Å². The molecule has 0 spiro atoms. The summed E-state index contributed by atoms with van der Waals surface area (Å²) in [6, 6.07) is 2.86. The van der Waals surface area contributed by atoms with Crippen molar-refractivity contribution < 1.29 is 31.4 Å². The summed E-state index contributed by atoms with van der Waals surface area (Å²) in [5, 5.41) is 8.61. The van der Waals surface area contributed by atoms with E-state index < -0.39 is 36.0 Å². The number of hydrogen-bond donors (Lipinski definition) is 1. The highest BCUT2D eigenvalue weighted by Gasteiger charge is 2.41. The summed E-state index contributed by atoms with van der Waals surface area (Å²) in [4.78, 5) is 0. The molecule has 0 aliphatic rings. The molecule has 0 aromatic heterocycles. The van der Waals surface area contributed by atoms with Gasteiger partial charge in [-0.25, -0.2) is 0 Å². The molecule has 0 saturated heterocycles. The summed E-state index contributed by atoms with van der Waals surface area (Å²) >= 11 is 0. The lowest BCUT2D eigenvalue weighted by atomic mass is 9.97. The molecule has 1 rings (SSSR count). The van der Waals surface area contributed by atoms with E-state index >= 15 is 0 Å². The normalized spacial score (nSPS) is 14.8. The smallest absolute Gasteiger partial charge is 0.395 e. The molecule has 1 aromatic carbocycles. The van der Waals surface area contributed by atoms with Crippen LogP contribution in [0.5, 0.6) is 0 Å². The summed E-state index contributed by atoms with van der Waals surface area (Å²) in [5.41, 5.74) is -1.77. The second-order valence-electron chi connectivity index (χ2n) is 3.40. The maximum absolute atomic E-state index is 12.4. The largest absolute Gasteiger partial charge is 0.416 e. The highest BCUT2D eigenvalue weighted by molar-refractivity contribution is 5.29. The first-order valence-corrected chi connectivity index (χ1v) is 4.51. The van der Waals surface area contributed by atoms with Crippen LogP contribution in [-0.4, -0.2) is 17.9 Å². The zero-order valence-corrected chi connectivity index (χ0v) is 8.31. The summed E-state index contributed by atoms with van der Waals surface area (Å²) in [5.74, 6) is -2.30. The van der Waals surface area contributed by atoms with E-state index in [-0.39, 0.29) is 0 Å². The average Bonchev–Trinajstić information content (AvgIpc) is 2.15. The van der Waals surface area contributed by atoms with Crippen LogP contribution in [-0.2, 0) is 6.18 Å². The molecule has 0 bridgehead atoms. The fourth-order valence-electron chi connectivity index (χ4n) is 1.33. The van der Waals surface area contributed by atoms with Crippen molar-refractivity contribution in [2.45, 2.75) is 18.3 Å². The summed E-state index contributed by atoms with van der Waals surface area (Å²) in [6.07, 6.45) is -9.49. The zero-order chi connectivity index (χ0) is 13.3. The van der Waals surface area contributed by atoms with Crippen molar-refractivity contribution in [1.82, 2.24) is 0 Å². The Morgan fingerprint density at radius 1 is 1.06 bits per heavy atom. The van der Waals surface area contributed by atoms with Crippen molar-refractivity contribution in [3.8, 4) is 0 Å². The number of alkyl halides is 6. The molecule has 1 atom stereocenters. The van der Waals surface area contributed by atoms with Crippen LogP contribution in [0.4, 0.5) is 26.3 Å². The molecule has 1 nitrogen and oxygen atoms in total. The first-order chi connectivity index (χ1) is 7.66. The standard InChI is InChI=1S/C10H8F6O/c11-9(12,13)7-3-1-2-6(4-7)8(5-17)10(14,15)16/h1-4,8,17H,5H2. The van der Waals surface area contributed by atoms with Crippen molar-refractivity contribution in [2.75, 3.05) is 6.61 Å². The lowest BCUT2D eigenvalue weighted by Crippen LogP contribution is -2.24. The molecule has 0 heterocycles. The van der Waals surface area contributed by atoms with E-state index in [0.29, 0.717) is 12.1 Å². The van der Waals surface area contributed by atoms with E-state index in [0.717, 1.165) is 12.1 Å². The first kappa shape index (κ1) is 13.8. The molecule has 0 amide bonds. The third kappa shape index (κ3) is 3.36. The van der Waals surface area contributed by atoms with E-state index in [1.54, 1.807) is 0 Å². The fraction of sp³-hybridized carbons (Fsp3) is 0.400. The van der Waals surface area contributed by atoms with Gasteiger partial charge in [0, 0.05) is 0 Å². The van der Waals surface area contributed by atoms with Crippen LogP contribution in [0.2, 0.25) is 0 Å². The van der Waals surface area contributed by atoms with Gasteiger partial charge in [0.15, 0.2) is 0 Å². The molecule has 1 N–H and O–H groups in total. The van der Waals surface area contributed by atoms with Crippen molar-refractivity contribution in [1.29, 1.82) is 0 Å². The van der Waals surface area contributed by atoms with E-state index in [1.165, 1.54) is 0 Å². The molecule has 0 fully saturated rings. The topological polar surface area (TPSA) is 20.2 Å². The Hall–Kier alpha value is -1.24. The predicted molar refractivity (Wildman–Crippen MR) is 47.3 cm³/mol. The number of rotatable bonds is 2. The summed E-state index contributed by atoms with van der Waals surface area (Å²) in [7, 11) is 0. The van der Waals surface area contributed by atoms with Crippen LogP contribution in [0.15, 0.2) is 24.3 Å². The maximum Gasteiger partial charge on any atom is 0.416 e. The summed E-state index contributed by atoms with van der Waals surface area (Å²) in [6.45, 7) is -1.29. The first-order valence-electron chi connectivity index (χ1n) is 4.51. The number of benzene rings is 1. The lowest BCUT2D eigenvalue weighted by Gasteiger charge is -2.19. The number of halogens is 6. The van der Waals surface area contributed by atoms with Gasteiger partial charge in [-0.15, -0.1) is 0 Å². The van der Waals surface area contributed by atoms with Gasteiger partial charge >= 0.3 is 12.4 Å². The number of aliphatic hydroxyl groups is 1. The SMILES string of the molecule is OCC(c1cccc(C(F)(F)F)c1)C(F)(F)F. The molecule has 17 heavy (non-hydrogen) atoms. The minimum atomic E-state index is -4.78. The van der Waals surface area contributed by atoms with Crippen LogP contribution >= 0.6 is 0 Å². The van der Waals surface area contributed by atoms with Crippen LogP contribution < -0.4 is 0 Å². The Morgan fingerprint density at radius 3 is 2.06 bits per heavy atom. The molecular formula is C10H8F6O. The van der Waals surface area contributed by atoms with E-state index in [9.17, 15) is 26.3 Å². The Kier molecular flexibility index (Phi) is 3.71. The number of hydrogen-bond acceptors (Lipinski definition) is 1. The average molecular weight is 258 g/mol. The van der Waals surface area contributed by atoms with Gasteiger partial charge in [0.2, 0.25) is 0 Å². The highest BCUT2D eigenvalue weighted by Crippen LogP contribution is 2.37. The molecule has 0 radical (unpaired) electrons. The Bertz CT molecular complexity index is 381. The zero-order valence-electron chi connectivity index (χ0n) is 8.31. The predicted octanol–water partition coefficient (Wildman–Crippen LogP) is 3.34. The highest BCUT2D eigenvalue weighted by atomic mass is 19.4. The third-order valence-electron chi connectivity index (χ3n) is 2.19. The van der Waals surface area contributed by atoms with Gasteiger partial charge in [-0.1, -0.05) is 18.2 Å². The Labute approximate surface area is 92.7 Å². The van der Waals surface area contributed by atoms with Gasteiger partial charge in [-0.2, -0.15) is 26.3 Å². The second-order valence-corrected chi connectivity index (χ2v) is 3.40. The maximum atomic E-state index is 12.4. The van der Waals surface area contributed by atoms with Gasteiger partial charge in [-0.05, 0) is 11.6 Å². The van der Waals surface area contributed by atoms with Crippen LogP contribution in [0.25, 0.3) is 0 Å². The third-order valence-corrected chi connectivity index (χ3v) is 2.19. The molecule has 1 aromatic rings. The lowest BCUT2D eigenvalue weighted by molar-refractivity contribution is -0.159. The Morgan fingerprint density at radius 2 is 1.65 bits per heavy atom. The van der Waals surface area contributed by atoms with Gasteiger partial charge in [0.05, 0.1) is 12.2 Å². The minimum Gasteiger partial charge on any atom is -0.395 e. The molecule has 1 unspecified atom stereocenters. The number of aliphatic hydroxyl groups excluding tert-OH is 1. The molecule has 7 heteroatoms. The Balaban J connectivity index is 3.15. The van der Waals surface area contributed by atoms with Crippen molar-refractivity contribution >= 4 is 0 Å². The quantitative estimate of drug-likeness (QED) is 0.806. The van der Waals surface area contributed by atoms with E-state index in [2.05, 4.69) is 0 Å². The fourth-order valence-corrected chi connectivity index (χ4v) is 1.33. The van der Waals surface area contributed by atoms with Crippen LogP contribution in [0.3, 0.4) is 0 Å². The molecule has 0 saturated carbocycles. The molecule has 0 aliphatic heterocycles. The van der Waals surface area contributed by atoms with Crippen LogP contribution in [0, 0.1) is 0 Å². The molecule has 96 valence electrons. The second kappa shape index (κ2) is 4.56. The monoisotopic (exact) mass is 258 g/mol.